The average molecular weight is 539 g/mol. The van der Waals surface area contributed by atoms with Crippen molar-refractivity contribution >= 4 is 29.3 Å². The fourth-order valence-electron chi connectivity index (χ4n) is 7.86. The number of phenolic OH excluding ortho intramolecular Hbond substituents is 1. The van der Waals surface area contributed by atoms with Crippen LogP contribution in [0, 0.1) is 29.1 Å². The number of anilines is 1. The van der Waals surface area contributed by atoms with E-state index in [1.54, 1.807) is 30.3 Å². The second-order valence-electron chi connectivity index (χ2n) is 11.7. The lowest BCUT2D eigenvalue weighted by Crippen LogP contribution is -2.49. The molecular formula is C33H34N2O5. The molecule has 1 saturated carbocycles. The Morgan fingerprint density at radius 1 is 1.00 bits per heavy atom. The summed E-state index contributed by atoms with van der Waals surface area (Å²) < 4.78 is 0. The Labute approximate surface area is 234 Å². The van der Waals surface area contributed by atoms with Gasteiger partial charge in [0, 0.05) is 18.0 Å². The number of likely N-dealkylation sites (tertiary alicyclic amines) is 1. The van der Waals surface area contributed by atoms with E-state index in [4.69, 9.17) is 0 Å². The fourth-order valence-corrected chi connectivity index (χ4v) is 7.86. The summed E-state index contributed by atoms with van der Waals surface area (Å²) in [6.07, 6.45) is 5.55. The average Bonchev–Trinajstić information content (AvgIpc) is 3.31. The van der Waals surface area contributed by atoms with E-state index in [0.29, 0.717) is 49.0 Å². The lowest BCUT2D eigenvalue weighted by atomic mass is 9.51. The van der Waals surface area contributed by atoms with Crippen LogP contribution in [0.1, 0.15) is 50.2 Å². The highest BCUT2D eigenvalue weighted by atomic mass is 16.3. The van der Waals surface area contributed by atoms with Gasteiger partial charge >= 0.3 is 0 Å². The van der Waals surface area contributed by atoms with Crippen molar-refractivity contribution in [3.05, 3.63) is 84.0 Å². The van der Waals surface area contributed by atoms with Gasteiger partial charge in [-0.3, -0.25) is 24.1 Å². The molecule has 7 heteroatoms. The molecule has 40 heavy (non-hydrogen) atoms. The van der Waals surface area contributed by atoms with Crippen LogP contribution in [-0.4, -0.2) is 40.2 Å². The maximum absolute atomic E-state index is 14.4. The van der Waals surface area contributed by atoms with E-state index < -0.39 is 29.1 Å². The van der Waals surface area contributed by atoms with Gasteiger partial charge in [0.2, 0.25) is 23.6 Å². The molecule has 6 rings (SSSR count). The summed E-state index contributed by atoms with van der Waals surface area (Å²) in [5, 5.41) is 11.5. The number of fused-ring (bicyclic) bond motifs is 4. The van der Waals surface area contributed by atoms with Crippen LogP contribution in [0.25, 0.3) is 0 Å². The third kappa shape index (κ3) is 3.49. The number of carbonyl (C=O) groups is 4. The summed E-state index contributed by atoms with van der Waals surface area (Å²) >= 11 is 0. The van der Waals surface area contributed by atoms with Crippen molar-refractivity contribution in [2.45, 2.75) is 45.4 Å². The van der Waals surface area contributed by atoms with Gasteiger partial charge in [0.15, 0.2) is 0 Å². The highest BCUT2D eigenvalue weighted by Crippen LogP contribution is 2.64. The van der Waals surface area contributed by atoms with Crippen molar-refractivity contribution in [2.75, 3.05) is 11.4 Å². The number of para-hydroxylation sites is 2. The van der Waals surface area contributed by atoms with Crippen LogP contribution in [0.15, 0.2) is 72.8 Å². The van der Waals surface area contributed by atoms with Crippen LogP contribution in [0.3, 0.4) is 0 Å². The molecule has 206 valence electrons. The summed E-state index contributed by atoms with van der Waals surface area (Å²) in [5.41, 5.74) is 1.46. The first-order chi connectivity index (χ1) is 19.2. The Hall–Kier alpha value is -4.00. The van der Waals surface area contributed by atoms with Crippen molar-refractivity contribution in [1.82, 2.24) is 4.90 Å². The molecule has 3 fully saturated rings. The Morgan fingerprint density at radius 2 is 1.75 bits per heavy atom. The van der Waals surface area contributed by atoms with Crippen molar-refractivity contribution in [2.24, 2.45) is 29.1 Å². The molecule has 2 aliphatic heterocycles. The Bertz CT molecular complexity index is 1460. The van der Waals surface area contributed by atoms with E-state index in [0.717, 1.165) is 5.57 Å². The Morgan fingerprint density at radius 3 is 2.45 bits per heavy atom. The zero-order chi connectivity index (χ0) is 28.3. The number of phenols is 1. The lowest BCUT2D eigenvalue weighted by Gasteiger charge is -2.49. The smallest absolute Gasteiger partial charge is 0.241 e. The van der Waals surface area contributed by atoms with E-state index in [9.17, 15) is 24.3 Å². The second-order valence-corrected chi connectivity index (χ2v) is 11.7. The van der Waals surface area contributed by atoms with Gasteiger partial charge in [-0.15, -0.1) is 6.58 Å². The first-order valence-corrected chi connectivity index (χ1v) is 14.2. The summed E-state index contributed by atoms with van der Waals surface area (Å²) in [7, 11) is 0. The van der Waals surface area contributed by atoms with Gasteiger partial charge in [-0.2, -0.15) is 0 Å². The number of allylic oxidation sites excluding steroid dienone is 3. The van der Waals surface area contributed by atoms with Crippen molar-refractivity contribution in [1.29, 1.82) is 0 Å². The molecule has 1 N–H and O–H groups in total. The van der Waals surface area contributed by atoms with Gasteiger partial charge in [-0.05, 0) is 56.2 Å². The number of hydrogen-bond acceptors (Lipinski definition) is 5. The number of nitrogens with zero attached hydrogens (tertiary/aromatic N) is 2. The zero-order valence-electron chi connectivity index (χ0n) is 22.9. The Balaban J connectivity index is 1.54. The number of aromatic hydroxyl groups is 1. The van der Waals surface area contributed by atoms with E-state index >= 15 is 0 Å². The first-order valence-electron chi connectivity index (χ1n) is 14.2. The van der Waals surface area contributed by atoms with E-state index in [1.165, 1.54) is 9.80 Å². The summed E-state index contributed by atoms with van der Waals surface area (Å²) in [6.45, 7) is 7.96. The van der Waals surface area contributed by atoms with Gasteiger partial charge in [0.05, 0.1) is 28.9 Å². The van der Waals surface area contributed by atoms with Crippen LogP contribution in [0.2, 0.25) is 0 Å². The number of hydrogen-bond donors (Lipinski definition) is 1. The molecule has 2 heterocycles. The summed E-state index contributed by atoms with van der Waals surface area (Å²) in [4.78, 5) is 58.1. The van der Waals surface area contributed by atoms with Gasteiger partial charge < -0.3 is 5.11 Å². The molecule has 7 nitrogen and oxygen atoms in total. The van der Waals surface area contributed by atoms with Crippen LogP contribution in [-0.2, 0) is 25.6 Å². The third-order valence-corrected chi connectivity index (χ3v) is 9.65. The number of imide groups is 2. The van der Waals surface area contributed by atoms with Crippen LogP contribution in [0.4, 0.5) is 5.69 Å². The molecule has 4 aliphatic rings. The maximum Gasteiger partial charge on any atom is 0.241 e. The third-order valence-electron chi connectivity index (χ3n) is 9.65. The number of carbonyl (C=O) groups excluding carboxylic acids is 4. The quantitative estimate of drug-likeness (QED) is 0.423. The monoisotopic (exact) mass is 538 g/mol. The normalized spacial score (nSPS) is 31.1. The van der Waals surface area contributed by atoms with E-state index in [-0.39, 0.29) is 35.3 Å². The first kappa shape index (κ1) is 26.2. The maximum atomic E-state index is 14.4. The lowest BCUT2D eigenvalue weighted by molar-refractivity contribution is -0.140. The molecule has 2 aliphatic carbocycles. The molecule has 2 aromatic rings. The van der Waals surface area contributed by atoms with Gasteiger partial charge in [0.1, 0.15) is 5.75 Å². The predicted molar refractivity (Wildman–Crippen MR) is 150 cm³/mol. The molecule has 6 unspecified atom stereocenters. The number of rotatable bonds is 6. The molecule has 6 atom stereocenters. The van der Waals surface area contributed by atoms with Gasteiger partial charge in [0.25, 0.3) is 0 Å². The van der Waals surface area contributed by atoms with Crippen molar-refractivity contribution < 1.29 is 24.3 Å². The minimum atomic E-state index is -1.18. The van der Waals surface area contributed by atoms with Crippen LogP contribution < -0.4 is 4.90 Å². The molecule has 4 amide bonds. The largest absolute Gasteiger partial charge is 0.507 e. The highest BCUT2D eigenvalue weighted by molar-refractivity contribution is 6.24. The Kier molecular flexibility index (Phi) is 6.28. The SMILES string of the molecule is C=CCc1cccc(C2C3=CCC4C(=O)N(CCC)C(=O)C4C3CC3C(=O)N(c4ccccc4)C(=O)C32C)c1O. The standard InChI is InChI=1S/C33H34N2O5/c1-4-10-19-11-9-14-23(28(19)36)27-21-15-16-22-26(31(39)34(17-5-2)29(22)37)24(21)18-25-30(38)35(32(40)33(25,27)3)20-12-7-6-8-13-20/h4,6-9,11-15,22,24-27,36H,1,5,10,16-18H2,2-3H3. The number of amides is 4. The minimum absolute atomic E-state index is 0.0795. The molecule has 0 aromatic heterocycles. The van der Waals surface area contributed by atoms with Gasteiger partial charge in [-0.25, -0.2) is 4.90 Å². The molecule has 2 saturated heterocycles. The fraction of sp³-hybridized carbons (Fsp3) is 0.394. The molecular weight excluding hydrogens is 504 g/mol. The highest BCUT2D eigenvalue weighted by Gasteiger charge is 2.67. The van der Waals surface area contributed by atoms with Crippen LogP contribution in [0.5, 0.6) is 5.75 Å². The second kappa shape index (κ2) is 9.58. The van der Waals surface area contributed by atoms with Crippen molar-refractivity contribution in [3.63, 3.8) is 0 Å². The van der Waals surface area contributed by atoms with E-state index in [2.05, 4.69) is 6.58 Å². The number of benzene rings is 2. The van der Waals surface area contributed by atoms with Gasteiger partial charge in [-0.1, -0.05) is 61.0 Å². The van der Waals surface area contributed by atoms with Crippen molar-refractivity contribution in [3.8, 4) is 5.75 Å². The summed E-state index contributed by atoms with van der Waals surface area (Å²) in [6, 6.07) is 14.4. The molecule has 0 bridgehead atoms. The topological polar surface area (TPSA) is 95.0 Å². The molecule has 0 radical (unpaired) electrons. The minimum Gasteiger partial charge on any atom is -0.507 e. The van der Waals surface area contributed by atoms with Crippen LogP contribution >= 0.6 is 0 Å². The molecule has 0 spiro atoms. The van der Waals surface area contributed by atoms with E-state index in [1.807, 2.05) is 44.2 Å². The molecule has 2 aromatic carbocycles. The zero-order valence-corrected chi connectivity index (χ0v) is 22.9. The summed E-state index contributed by atoms with van der Waals surface area (Å²) in [5.74, 6) is -3.61. The predicted octanol–water partition coefficient (Wildman–Crippen LogP) is 4.76.